The number of hydrogen-bond donors (Lipinski definition) is 2. The highest BCUT2D eigenvalue weighted by atomic mass is 32.2. The van der Waals surface area contributed by atoms with Crippen molar-refractivity contribution in [1.82, 2.24) is 10.6 Å². The number of carbonyl (C=O) groups is 2. The number of imide groups is 1. The summed E-state index contributed by atoms with van der Waals surface area (Å²) in [7, 11) is 1.59. The van der Waals surface area contributed by atoms with Gasteiger partial charge in [0.05, 0.1) is 12.4 Å². The second-order valence-electron chi connectivity index (χ2n) is 5.10. The number of benzene rings is 2. The molecule has 2 N–H and O–H groups in total. The first-order valence-corrected chi connectivity index (χ1v) is 8.40. The van der Waals surface area contributed by atoms with Crippen molar-refractivity contribution in [2.75, 3.05) is 7.11 Å². The van der Waals surface area contributed by atoms with Gasteiger partial charge < -0.3 is 10.1 Å². The maximum absolute atomic E-state index is 12.1. The Morgan fingerprint density at radius 1 is 1.12 bits per heavy atom. The molecule has 6 heteroatoms. The number of urea groups is 1. The van der Waals surface area contributed by atoms with Gasteiger partial charge in [0.25, 0.3) is 0 Å². The Kier molecular flexibility index (Phi) is 6.69. The van der Waals surface area contributed by atoms with E-state index in [9.17, 15) is 9.59 Å². The van der Waals surface area contributed by atoms with Gasteiger partial charge in [-0.2, -0.15) is 0 Å². The third-order valence-electron chi connectivity index (χ3n) is 3.26. The van der Waals surface area contributed by atoms with E-state index in [2.05, 4.69) is 10.6 Å². The van der Waals surface area contributed by atoms with Crippen LogP contribution in [-0.4, -0.2) is 24.3 Å². The molecule has 0 radical (unpaired) electrons. The highest BCUT2D eigenvalue weighted by Crippen LogP contribution is 2.26. The number of carbonyl (C=O) groups excluding carboxylic acids is 2. The molecule has 0 aliphatic rings. The molecular weight excluding hydrogens is 324 g/mol. The standard InChI is InChI=1S/C18H20N2O3S/c1-13(24-16-10-6-9-15(11-16)23-2)17(21)20-18(22)19-12-14-7-4-3-5-8-14/h3-11,13H,12H2,1-2H3,(H2,19,20,21,22). The maximum atomic E-state index is 12.1. The molecule has 2 rings (SSSR count). The van der Waals surface area contributed by atoms with E-state index in [1.54, 1.807) is 14.0 Å². The molecule has 1 unspecified atom stereocenters. The van der Waals surface area contributed by atoms with Crippen LogP contribution in [0.15, 0.2) is 59.5 Å². The fraction of sp³-hybridized carbons (Fsp3) is 0.222. The summed E-state index contributed by atoms with van der Waals surface area (Å²) in [6, 6.07) is 16.5. The minimum atomic E-state index is -0.498. The Morgan fingerprint density at radius 3 is 2.58 bits per heavy atom. The van der Waals surface area contributed by atoms with E-state index in [0.29, 0.717) is 6.54 Å². The fourth-order valence-electron chi connectivity index (χ4n) is 1.97. The molecule has 126 valence electrons. The summed E-state index contributed by atoms with van der Waals surface area (Å²) < 4.78 is 5.16. The van der Waals surface area contributed by atoms with E-state index in [-0.39, 0.29) is 5.91 Å². The van der Waals surface area contributed by atoms with Crippen LogP contribution >= 0.6 is 11.8 Å². The second-order valence-corrected chi connectivity index (χ2v) is 6.51. The third-order valence-corrected chi connectivity index (χ3v) is 4.35. The number of ether oxygens (including phenoxy) is 1. The van der Waals surface area contributed by atoms with Gasteiger partial charge in [0, 0.05) is 11.4 Å². The smallest absolute Gasteiger partial charge is 0.321 e. The van der Waals surface area contributed by atoms with E-state index >= 15 is 0 Å². The van der Waals surface area contributed by atoms with Crippen LogP contribution in [0.25, 0.3) is 0 Å². The Labute approximate surface area is 145 Å². The summed E-state index contributed by atoms with van der Waals surface area (Å²) in [4.78, 5) is 24.8. The Balaban J connectivity index is 1.81. The number of methoxy groups -OCH3 is 1. The molecule has 0 bridgehead atoms. The van der Waals surface area contributed by atoms with Crippen LogP contribution in [0, 0.1) is 0 Å². The molecule has 0 fully saturated rings. The summed E-state index contributed by atoms with van der Waals surface area (Å²) in [6.07, 6.45) is 0. The highest BCUT2D eigenvalue weighted by molar-refractivity contribution is 8.00. The molecule has 24 heavy (non-hydrogen) atoms. The summed E-state index contributed by atoms with van der Waals surface area (Å²) in [6.45, 7) is 2.13. The predicted molar refractivity (Wildman–Crippen MR) is 95.1 cm³/mol. The lowest BCUT2D eigenvalue weighted by atomic mass is 10.2. The fourth-order valence-corrected chi connectivity index (χ4v) is 2.88. The average Bonchev–Trinajstić information content (AvgIpc) is 2.61. The van der Waals surface area contributed by atoms with Crippen LogP contribution < -0.4 is 15.4 Å². The summed E-state index contributed by atoms with van der Waals surface area (Å²) in [5, 5.41) is 4.62. The molecule has 2 aromatic carbocycles. The summed E-state index contributed by atoms with van der Waals surface area (Å²) in [5.41, 5.74) is 0.971. The van der Waals surface area contributed by atoms with Crippen molar-refractivity contribution in [2.45, 2.75) is 23.6 Å². The first-order valence-electron chi connectivity index (χ1n) is 7.52. The number of rotatable bonds is 6. The third kappa shape index (κ3) is 5.62. The molecule has 0 aromatic heterocycles. The van der Waals surface area contributed by atoms with Crippen LogP contribution in [0.3, 0.4) is 0 Å². The zero-order valence-corrected chi connectivity index (χ0v) is 14.4. The molecular formula is C18H20N2O3S. The van der Waals surface area contributed by atoms with Crippen LogP contribution in [0.1, 0.15) is 12.5 Å². The van der Waals surface area contributed by atoms with Crippen LogP contribution in [0.5, 0.6) is 5.75 Å². The van der Waals surface area contributed by atoms with Crippen molar-refractivity contribution in [1.29, 1.82) is 0 Å². The first kappa shape index (κ1) is 17.9. The van der Waals surface area contributed by atoms with Crippen LogP contribution in [-0.2, 0) is 11.3 Å². The summed E-state index contributed by atoms with van der Waals surface area (Å²) >= 11 is 1.37. The SMILES string of the molecule is COc1cccc(SC(C)C(=O)NC(=O)NCc2ccccc2)c1. The lowest BCUT2D eigenvalue weighted by molar-refractivity contribution is -0.119. The van der Waals surface area contributed by atoms with E-state index in [1.807, 2.05) is 54.6 Å². The number of thioether (sulfide) groups is 1. The molecule has 0 aliphatic heterocycles. The van der Waals surface area contributed by atoms with Gasteiger partial charge in [0.2, 0.25) is 5.91 Å². The van der Waals surface area contributed by atoms with E-state index in [1.165, 1.54) is 11.8 Å². The minimum Gasteiger partial charge on any atom is -0.497 e. The van der Waals surface area contributed by atoms with Crippen molar-refractivity contribution in [3.8, 4) is 5.75 Å². The van der Waals surface area contributed by atoms with Crippen molar-refractivity contribution in [3.05, 3.63) is 60.2 Å². The molecule has 0 saturated carbocycles. The predicted octanol–water partition coefficient (Wildman–Crippen LogP) is 3.20. The zero-order valence-electron chi connectivity index (χ0n) is 13.6. The van der Waals surface area contributed by atoms with Gasteiger partial charge in [-0.1, -0.05) is 36.4 Å². The van der Waals surface area contributed by atoms with Crippen LogP contribution in [0.4, 0.5) is 4.79 Å². The first-order chi connectivity index (χ1) is 11.6. The highest BCUT2D eigenvalue weighted by Gasteiger charge is 2.17. The Morgan fingerprint density at radius 2 is 1.88 bits per heavy atom. The van der Waals surface area contributed by atoms with Gasteiger partial charge in [-0.3, -0.25) is 10.1 Å². The molecule has 3 amide bonds. The van der Waals surface area contributed by atoms with E-state index in [4.69, 9.17) is 4.74 Å². The molecule has 1 atom stereocenters. The molecule has 2 aromatic rings. The number of amides is 3. The van der Waals surface area contributed by atoms with Crippen molar-refractivity contribution < 1.29 is 14.3 Å². The van der Waals surface area contributed by atoms with Crippen molar-refractivity contribution in [2.24, 2.45) is 0 Å². The zero-order chi connectivity index (χ0) is 17.4. The molecule has 0 heterocycles. The topological polar surface area (TPSA) is 67.4 Å². The van der Waals surface area contributed by atoms with E-state index in [0.717, 1.165) is 16.2 Å². The number of hydrogen-bond acceptors (Lipinski definition) is 4. The van der Waals surface area contributed by atoms with Crippen LogP contribution in [0.2, 0.25) is 0 Å². The quantitative estimate of drug-likeness (QED) is 0.790. The Hall–Kier alpha value is -2.47. The van der Waals surface area contributed by atoms with Crippen molar-refractivity contribution >= 4 is 23.7 Å². The molecule has 0 aliphatic carbocycles. The van der Waals surface area contributed by atoms with E-state index < -0.39 is 11.3 Å². The number of nitrogens with one attached hydrogen (secondary N) is 2. The average molecular weight is 344 g/mol. The lowest BCUT2D eigenvalue weighted by Crippen LogP contribution is -2.42. The molecule has 5 nitrogen and oxygen atoms in total. The summed E-state index contributed by atoms with van der Waals surface area (Å²) in [5.74, 6) is 0.390. The van der Waals surface area contributed by atoms with Gasteiger partial charge in [-0.05, 0) is 30.7 Å². The monoisotopic (exact) mass is 344 g/mol. The van der Waals surface area contributed by atoms with Gasteiger partial charge in [-0.15, -0.1) is 11.8 Å². The van der Waals surface area contributed by atoms with Gasteiger partial charge in [-0.25, -0.2) is 4.79 Å². The maximum Gasteiger partial charge on any atom is 0.321 e. The minimum absolute atomic E-state index is 0.339. The normalized spacial score (nSPS) is 11.4. The molecule has 0 spiro atoms. The van der Waals surface area contributed by atoms with Gasteiger partial charge >= 0.3 is 6.03 Å². The van der Waals surface area contributed by atoms with Crippen molar-refractivity contribution in [3.63, 3.8) is 0 Å². The second kappa shape index (κ2) is 8.98. The Bertz CT molecular complexity index is 692. The van der Waals surface area contributed by atoms with Gasteiger partial charge in [0.15, 0.2) is 0 Å². The lowest BCUT2D eigenvalue weighted by Gasteiger charge is -2.12. The molecule has 0 saturated heterocycles. The van der Waals surface area contributed by atoms with Gasteiger partial charge in [0.1, 0.15) is 5.75 Å². The largest absolute Gasteiger partial charge is 0.497 e.